The molecule has 0 unspecified atom stereocenters. The largest absolute Gasteiger partial charge is 0.494 e. The van der Waals surface area contributed by atoms with Crippen LogP contribution in [-0.2, 0) is 0 Å². The molecule has 0 aromatic heterocycles. The minimum absolute atomic E-state index is 0.215. The van der Waals surface area contributed by atoms with E-state index in [-0.39, 0.29) is 5.82 Å². The second-order valence-electron chi connectivity index (χ2n) is 5.46. The van der Waals surface area contributed by atoms with Gasteiger partial charge in [-0.15, -0.1) is 0 Å². The van der Waals surface area contributed by atoms with Crippen molar-refractivity contribution in [3.05, 3.63) is 65.5 Å². The van der Waals surface area contributed by atoms with Crippen LogP contribution in [0.25, 0.3) is 12.2 Å². The van der Waals surface area contributed by atoms with E-state index >= 15 is 0 Å². The zero-order valence-corrected chi connectivity index (χ0v) is 13.1. The highest BCUT2D eigenvalue weighted by Gasteiger charge is 1.95. The van der Waals surface area contributed by atoms with Gasteiger partial charge in [-0.3, -0.25) is 0 Å². The van der Waals surface area contributed by atoms with Gasteiger partial charge in [-0.1, -0.05) is 36.4 Å². The predicted molar refractivity (Wildman–Crippen MR) is 90.4 cm³/mol. The molecule has 0 saturated carbocycles. The van der Waals surface area contributed by atoms with Crippen LogP contribution in [0.1, 0.15) is 17.5 Å². The highest BCUT2D eigenvalue weighted by Crippen LogP contribution is 2.15. The average molecular weight is 299 g/mol. The Labute approximate surface area is 131 Å². The van der Waals surface area contributed by atoms with Gasteiger partial charge in [0.1, 0.15) is 11.6 Å². The molecule has 2 nitrogen and oxygen atoms in total. The minimum Gasteiger partial charge on any atom is -0.494 e. The Bertz CT molecular complexity index is 588. The molecule has 2 rings (SSSR count). The van der Waals surface area contributed by atoms with Crippen LogP contribution in [0.5, 0.6) is 5.75 Å². The van der Waals surface area contributed by atoms with Crippen LogP contribution in [0.2, 0.25) is 0 Å². The number of ether oxygens (including phenoxy) is 1. The Balaban J connectivity index is 1.85. The Kier molecular flexibility index (Phi) is 6.16. The molecule has 0 atom stereocenters. The number of halogens is 1. The van der Waals surface area contributed by atoms with Gasteiger partial charge in [-0.05, 0) is 55.9 Å². The summed E-state index contributed by atoms with van der Waals surface area (Å²) < 4.78 is 18.5. The highest BCUT2D eigenvalue weighted by molar-refractivity contribution is 5.69. The van der Waals surface area contributed by atoms with Crippen LogP contribution >= 0.6 is 0 Å². The molecule has 2 aromatic carbocycles. The van der Waals surface area contributed by atoms with Crippen molar-refractivity contribution >= 4 is 12.2 Å². The van der Waals surface area contributed by atoms with E-state index in [1.54, 1.807) is 12.1 Å². The van der Waals surface area contributed by atoms with Gasteiger partial charge in [-0.2, -0.15) is 0 Å². The van der Waals surface area contributed by atoms with Crippen LogP contribution in [0.4, 0.5) is 4.39 Å². The first-order valence-electron chi connectivity index (χ1n) is 7.45. The Hall–Kier alpha value is -2.13. The molecule has 0 fully saturated rings. The molecule has 0 N–H and O–H groups in total. The number of hydrogen-bond acceptors (Lipinski definition) is 2. The molecule has 0 radical (unpaired) electrons. The molecule has 22 heavy (non-hydrogen) atoms. The first-order chi connectivity index (χ1) is 10.6. The molecule has 2 aromatic rings. The topological polar surface area (TPSA) is 12.5 Å². The molecule has 0 saturated heterocycles. The number of hydrogen-bond donors (Lipinski definition) is 0. The van der Waals surface area contributed by atoms with E-state index in [1.807, 2.05) is 36.4 Å². The zero-order chi connectivity index (χ0) is 15.8. The lowest BCUT2D eigenvalue weighted by Gasteiger charge is -2.10. The van der Waals surface area contributed by atoms with Crippen LogP contribution in [0.15, 0.2) is 48.5 Å². The third-order valence-electron chi connectivity index (χ3n) is 3.24. The van der Waals surface area contributed by atoms with Crippen molar-refractivity contribution in [2.24, 2.45) is 0 Å². The average Bonchev–Trinajstić information content (AvgIpc) is 2.52. The van der Waals surface area contributed by atoms with E-state index < -0.39 is 0 Å². The van der Waals surface area contributed by atoms with Gasteiger partial charge in [0.2, 0.25) is 0 Å². The molecule has 0 spiro atoms. The van der Waals surface area contributed by atoms with Gasteiger partial charge < -0.3 is 9.64 Å². The fraction of sp³-hybridized carbons (Fsp3) is 0.263. The van der Waals surface area contributed by atoms with E-state index in [0.717, 1.165) is 36.4 Å². The monoisotopic (exact) mass is 299 g/mol. The molecule has 0 aliphatic carbocycles. The van der Waals surface area contributed by atoms with E-state index in [4.69, 9.17) is 4.74 Å². The molecule has 0 heterocycles. The molecule has 0 amide bonds. The van der Waals surface area contributed by atoms with Crippen molar-refractivity contribution in [3.63, 3.8) is 0 Å². The third kappa shape index (κ3) is 5.70. The standard InChI is InChI=1S/C19H22FNO/c1-21(2)14-3-15-22-19-12-8-17(9-13-19)5-4-16-6-10-18(20)11-7-16/h4-13H,3,14-15H2,1-2H3. The van der Waals surface area contributed by atoms with Crippen LogP contribution in [0.3, 0.4) is 0 Å². The lowest BCUT2D eigenvalue weighted by molar-refractivity contribution is 0.281. The first-order valence-corrected chi connectivity index (χ1v) is 7.45. The van der Waals surface area contributed by atoms with Gasteiger partial charge in [0, 0.05) is 6.54 Å². The van der Waals surface area contributed by atoms with Crippen molar-refractivity contribution in [1.29, 1.82) is 0 Å². The fourth-order valence-electron chi connectivity index (χ4n) is 2.01. The van der Waals surface area contributed by atoms with E-state index in [2.05, 4.69) is 19.0 Å². The molecule has 3 heteroatoms. The molecule has 0 aliphatic rings. The zero-order valence-electron chi connectivity index (χ0n) is 13.1. The summed E-state index contributed by atoms with van der Waals surface area (Å²) in [4.78, 5) is 2.15. The number of benzene rings is 2. The van der Waals surface area contributed by atoms with Gasteiger partial charge >= 0.3 is 0 Å². The van der Waals surface area contributed by atoms with Gasteiger partial charge in [0.15, 0.2) is 0 Å². The Morgan fingerprint density at radius 1 is 0.909 bits per heavy atom. The van der Waals surface area contributed by atoms with Crippen LogP contribution in [-0.4, -0.2) is 32.1 Å². The molecule has 116 valence electrons. The molecular formula is C19H22FNO. The predicted octanol–water partition coefficient (Wildman–Crippen LogP) is 4.33. The summed E-state index contributed by atoms with van der Waals surface area (Å²) in [5.74, 6) is 0.672. The van der Waals surface area contributed by atoms with Gasteiger partial charge in [0.25, 0.3) is 0 Å². The summed E-state index contributed by atoms with van der Waals surface area (Å²) in [6, 6.07) is 14.4. The molecular weight excluding hydrogens is 277 g/mol. The SMILES string of the molecule is CN(C)CCCOc1ccc(C=Cc2ccc(F)cc2)cc1. The van der Waals surface area contributed by atoms with Crippen LogP contribution < -0.4 is 4.74 Å². The summed E-state index contributed by atoms with van der Waals surface area (Å²) in [5.41, 5.74) is 2.07. The number of rotatable bonds is 7. The maximum Gasteiger partial charge on any atom is 0.123 e. The summed E-state index contributed by atoms with van der Waals surface area (Å²) in [7, 11) is 4.12. The quantitative estimate of drug-likeness (QED) is 0.557. The maximum absolute atomic E-state index is 12.8. The molecule has 0 bridgehead atoms. The second-order valence-corrected chi connectivity index (χ2v) is 5.46. The second kappa shape index (κ2) is 8.35. The van der Waals surface area contributed by atoms with Crippen molar-refractivity contribution in [3.8, 4) is 5.75 Å². The maximum atomic E-state index is 12.8. The first kappa shape index (κ1) is 16.2. The third-order valence-corrected chi connectivity index (χ3v) is 3.24. The fourth-order valence-corrected chi connectivity index (χ4v) is 2.01. The molecule has 0 aliphatic heterocycles. The Morgan fingerprint density at radius 3 is 2.00 bits per heavy atom. The van der Waals surface area contributed by atoms with Crippen molar-refractivity contribution in [2.75, 3.05) is 27.2 Å². The van der Waals surface area contributed by atoms with E-state index in [9.17, 15) is 4.39 Å². The summed E-state index contributed by atoms with van der Waals surface area (Å²) >= 11 is 0. The van der Waals surface area contributed by atoms with Crippen molar-refractivity contribution in [2.45, 2.75) is 6.42 Å². The lowest BCUT2D eigenvalue weighted by atomic mass is 10.1. The minimum atomic E-state index is -0.215. The summed E-state index contributed by atoms with van der Waals surface area (Å²) in [5, 5.41) is 0. The normalized spacial score (nSPS) is 11.3. The summed E-state index contributed by atoms with van der Waals surface area (Å²) in [6.07, 6.45) is 4.98. The van der Waals surface area contributed by atoms with Crippen LogP contribution in [0, 0.1) is 5.82 Å². The number of nitrogens with zero attached hydrogens (tertiary/aromatic N) is 1. The van der Waals surface area contributed by atoms with Crippen molar-refractivity contribution in [1.82, 2.24) is 4.90 Å². The lowest BCUT2D eigenvalue weighted by Crippen LogP contribution is -2.15. The van der Waals surface area contributed by atoms with E-state index in [1.165, 1.54) is 12.1 Å². The smallest absolute Gasteiger partial charge is 0.123 e. The van der Waals surface area contributed by atoms with Crippen molar-refractivity contribution < 1.29 is 9.13 Å². The Morgan fingerprint density at radius 2 is 1.45 bits per heavy atom. The highest BCUT2D eigenvalue weighted by atomic mass is 19.1. The summed E-state index contributed by atoms with van der Waals surface area (Å²) in [6.45, 7) is 1.75. The van der Waals surface area contributed by atoms with Gasteiger partial charge in [-0.25, -0.2) is 4.39 Å². The van der Waals surface area contributed by atoms with Gasteiger partial charge in [0.05, 0.1) is 6.61 Å². The van der Waals surface area contributed by atoms with E-state index in [0.29, 0.717) is 0 Å².